The van der Waals surface area contributed by atoms with Crippen molar-refractivity contribution < 1.29 is 4.79 Å². The maximum atomic E-state index is 11.3. The van der Waals surface area contributed by atoms with E-state index in [-0.39, 0.29) is 36.3 Å². The van der Waals surface area contributed by atoms with Crippen molar-refractivity contribution in [3.63, 3.8) is 0 Å². The minimum absolute atomic E-state index is 0. The van der Waals surface area contributed by atoms with Gasteiger partial charge in [-0.3, -0.25) is 10.1 Å². The average Bonchev–Trinajstić information content (AvgIpc) is 2.47. The van der Waals surface area contributed by atoms with Crippen molar-refractivity contribution in [1.82, 2.24) is 14.9 Å². The van der Waals surface area contributed by atoms with Gasteiger partial charge >= 0.3 is 0 Å². The van der Waals surface area contributed by atoms with Crippen LogP contribution in [0.5, 0.6) is 0 Å². The zero-order valence-corrected chi connectivity index (χ0v) is 9.53. The number of anilines is 1. The highest BCUT2D eigenvalue weighted by Gasteiger charge is 2.44. The number of aromatic nitrogens is 2. The molecule has 0 atom stereocenters. The van der Waals surface area contributed by atoms with E-state index >= 15 is 0 Å². The standard InChI is InChI=1S/C8H10N4O.2ClH/c13-6-3-8(4-9-5-8)12-2-1-10-7(12)11-6;;/h1-2,9H,3-5H2,(H,10,11,13);2*1H. The molecule has 1 fully saturated rings. The second-order valence-corrected chi connectivity index (χ2v) is 3.67. The molecule has 3 rings (SSSR count). The number of hydrogen-bond acceptors (Lipinski definition) is 3. The Morgan fingerprint density at radius 1 is 1.40 bits per heavy atom. The Balaban J connectivity index is 0.000000562. The smallest absolute Gasteiger partial charge is 0.229 e. The minimum atomic E-state index is -0.0336. The lowest BCUT2D eigenvalue weighted by atomic mass is 9.87. The van der Waals surface area contributed by atoms with Crippen LogP contribution >= 0.6 is 24.8 Å². The third-order valence-corrected chi connectivity index (χ3v) is 2.80. The molecule has 0 saturated carbocycles. The van der Waals surface area contributed by atoms with Crippen molar-refractivity contribution in [2.75, 3.05) is 18.4 Å². The molecule has 84 valence electrons. The molecule has 0 bridgehead atoms. The number of carbonyl (C=O) groups is 1. The Kier molecular flexibility index (Phi) is 3.28. The number of amides is 1. The molecular weight excluding hydrogens is 239 g/mol. The van der Waals surface area contributed by atoms with Crippen molar-refractivity contribution in [1.29, 1.82) is 0 Å². The minimum Gasteiger partial charge on any atom is -0.312 e. The van der Waals surface area contributed by atoms with Gasteiger partial charge in [-0.25, -0.2) is 4.98 Å². The van der Waals surface area contributed by atoms with Gasteiger partial charge in [0, 0.05) is 25.5 Å². The molecule has 1 saturated heterocycles. The first-order valence-electron chi connectivity index (χ1n) is 4.35. The fourth-order valence-corrected chi connectivity index (χ4v) is 2.04. The van der Waals surface area contributed by atoms with Gasteiger partial charge in [0.1, 0.15) is 0 Å². The summed E-state index contributed by atoms with van der Waals surface area (Å²) in [7, 11) is 0. The highest BCUT2D eigenvalue weighted by atomic mass is 35.5. The van der Waals surface area contributed by atoms with Crippen molar-refractivity contribution in [3.05, 3.63) is 12.4 Å². The van der Waals surface area contributed by atoms with Crippen LogP contribution in [0.15, 0.2) is 12.4 Å². The number of nitrogens with zero attached hydrogens (tertiary/aromatic N) is 2. The molecule has 3 heterocycles. The molecule has 2 aliphatic rings. The van der Waals surface area contributed by atoms with Gasteiger partial charge in [-0.1, -0.05) is 0 Å². The molecule has 1 aromatic rings. The summed E-state index contributed by atoms with van der Waals surface area (Å²) < 4.78 is 2.06. The van der Waals surface area contributed by atoms with Crippen LogP contribution in [0.3, 0.4) is 0 Å². The topological polar surface area (TPSA) is 59.0 Å². The van der Waals surface area contributed by atoms with E-state index in [4.69, 9.17) is 0 Å². The van der Waals surface area contributed by atoms with Crippen LogP contribution in [0.4, 0.5) is 5.95 Å². The van der Waals surface area contributed by atoms with Crippen LogP contribution in [0.1, 0.15) is 6.42 Å². The molecule has 0 radical (unpaired) electrons. The van der Waals surface area contributed by atoms with Crippen molar-refractivity contribution in [2.45, 2.75) is 12.0 Å². The van der Waals surface area contributed by atoms with Crippen molar-refractivity contribution in [2.24, 2.45) is 0 Å². The van der Waals surface area contributed by atoms with Gasteiger partial charge in [0.05, 0.1) is 12.0 Å². The van der Waals surface area contributed by atoms with Crippen LogP contribution in [0.25, 0.3) is 0 Å². The first-order valence-corrected chi connectivity index (χ1v) is 4.35. The number of imidazole rings is 1. The first kappa shape index (κ1) is 12.3. The summed E-state index contributed by atoms with van der Waals surface area (Å²) in [4.78, 5) is 15.4. The van der Waals surface area contributed by atoms with Gasteiger partial charge < -0.3 is 9.88 Å². The summed E-state index contributed by atoms with van der Waals surface area (Å²) in [5.41, 5.74) is -0.0336. The first-order chi connectivity index (χ1) is 6.30. The van der Waals surface area contributed by atoms with Crippen LogP contribution in [-0.2, 0) is 10.3 Å². The maximum absolute atomic E-state index is 11.3. The van der Waals surface area contributed by atoms with Gasteiger partial charge in [-0.15, -0.1) is 24.8 Å². The maximum Gasteiger partial charge on any atom is 0.229 e. The van der Waals surface area contributed by atoms with Crippen LogP contribution in [0, 0.1) is 0 Å². The second-order valence-electron chi connectivity index (χ2n) is 3.67. The van der Waals surface area contributed by atoms with Crippen LogP contribution in [0.2, 0.25) is 0 Å². The average molecular weight is 251 g/mol. The molecule has 0 aliphatic carbocycles. The Morgan fingerprint density at radius 2 is 2.13 bits per heavy atom. The third-order valence-electron chi connectivity index (χ3n) is 2.80. The van der Waals surface area contributed by atoms with Crippen LogP contribution in [-0.4, -0.2) is 28.5 Å². The van der Waals surface area contributed by atoms with Gasteiger partial charge in [0.2, 0.25) is 11.9 Å². The van der Waals surface area contributed by atoms with Crippen LogP contribution < -0.4 is 10.6 Å². The predicted molar refractivity (Wildman–Crippen MR) is 60.8 cm³/mol. The molecule has 7 heteroatoms. The van der Waals surface area contributed by atoms with E-state index in [1.165, 1.54) is 0 Å². The summed E-state index contributed by atoms with van der Waals surface area (Å²) in [6.45, 7) is 1.73. The number of halogens is 2. The lowest BCUT2D eigenvalue weighted by Gasteiger charge is -2.46. The van der Waals surface area contributed by atoms with E-state index in [9.17, 15) is 4.79 Å². The molecule has 2 N–H and O–H groups in total. The van der Waals surface area contributed by atoms with Gasteiger partial charge in [-0.2, -0.15) is 0 Å². The van der Waals surface area contributed by atoms with Crippen molar-refractivity contribution in [3.8, 4) is 0 Å². The summed E-state index contributed by atoms with van der Waals surface area (Å²) in [6.07, 6.45) is 4.21. The zero-order valence-electron chi connectivity index (χ0n) is 7.90. The van der Waals surface area contributed by atoms with Gasteiger partial charge in [0.15, 0.2) is 0 Å². The summed E-state index contributed by atoms with van der Waals surface area (Å²) >= 11 is 0. The largest absolute Gasteiger partial charge is 0.312 e. The van der Waals surface area contributed by atoms with E-state index in [0.717, 1.165) is 13.1 Å². The number of nitrogens with one attached hydrogen (secondary N) is 2. The Bertz CT molecular complexity index is 374. The van der Waals surface area contributed by atoms with Crippen molar-refractivity contribution >= 4 is 36.7 Å². The van der Waals surface area contributed by atoms with E-state index < -0.39 is 0 Å². The summed E-state index contributed by atoms with van der Waals surface area (Å²) in [6, 6.07) is 0. The lowest BCUT2D eigenvalue weighted by molar-refractivity contribution is -0.119. The second kappa shape index (κ2) is 4.00. The molecule has 0 aromatic carbocycles. The number of rotatable bonds is 0. The molecule has 1 spiro atoms. The Hall–Kier alpha value is -0.780. The number of hydrogen-bond donors (Lipinski definition) is 2. The zero-order chi connectivity index (χ0) is 8.89. The van der Waals surface area contributed by atoms with Gasteiger partial charge in [-0.05, 0) is 0 Å². The molecule has 1 aromatic heterocycles. The summed E-state index contributed by atoms with van der Waals surface area (Å²) in [5, 5.41) is 5.94. The highest BCUT2D eigenvalue weighted by molar-refractivity contribution is 5.91. The van der Waals surface area contributed by atoms with Gasteiger partial charge in [0.25, 0.3) is 0 Å². The molecule has 1 amide bonds. The third kappa shape index (κ3) is 1.60. The molecule has 2 aliphatic heterocycles. The fourth-order valence-electron chi connectivity index (χ4n) is 2.04. The lowest BCUT2D eigenvalue weighted by Crippen LogP contribution is -2.63. The van der Waals surface area contributed by atoms with E-state index in [0.29, 0.717) is 12.4 Å². The number of fused-ring (bicyclic) bond motifs is 2. The quantitative estimate of drug-likeness (QED) is 0.700. The summed E-state index contributed by atoms with van der Waals surface area (Å²) in [5.74, 6) is 0.748. The highest BCUT2D eigenvalue weighted by Crippen LogP contribution is 2.32. The number of carbonyl (C=O) groups excluding carboxylic acids is 1. The Labute approximate surface area is 99.5 Å². The predicted octanol–water partition coefficient (Wildman–Crippen LogP) is 0.367. The molecule has 5 nitrogen and oxygen atoms in total. The van der Waals surface area contributed by atoms with E-state index in [1.54, 1.807) is 6.20 Å². The molecule has 15 heavy (non-hydrogen) atoms. The molecular formula is C8H12Cl2N4O. The fraction of sp³-hybridized carbons (Fsp3) is 0.500. The monoisotopic (exact) mass is 250 g/mol. The SMILES string of the molecule is Cl.Cl.O=C1CC2(CNC2)n2ccnc2N1. The van der Waals surface area contributed by atoms with E-state index in [1.807, 2.05) is 6.20 Å². The van der Waals surface area contributed by atoms with E-state index in [2.05, 4.69) is 20.2 Å². The normalized spacial score (nSPS) is 20.4. The molecule has 0 unspecified atom stereocenters. The Morgan fingerprint density at radius 3 is 2.73 bits per heavy atom.